The van der Waals surface area contributed by atoms with Gasteiger partial charge in [-0.2, -0.15) is 0 Å². The molecule has 1 amide bonds. The Morgan fingerprint density at radius 3 is 2.84 bits per heavy atom. The third-order valence-corrected chi connectivity index (χ3v) is 4.43. The molecule has 1 aromatic heterocycles. The molecule has 0 spiro atoms. The fourth-order valence-corrected chi connectivity index (χ4v) is 2.85. The average molecular weight is 340 g/mol. The molecule has 1 heterocycles. The number of thiazole rings is 1. The zero-order valence-corrected chi connectivity index (χ0v) is 13.1. The molecule has 0 atom stereocenters. The minimum atomic E-state index is -0.0338. The summed E-state index contributed by atoms with van der Waals surface area (Å²) < 4.78 is 0.737. The predicted octanol–water partition coefficient (Wildman–Crippen LogP) is 3.07. The van der Waals surface area contributed by atoms with Crippen LogP contribution in [-0.4, -0.2) is 22.8 Å². The lowest BCUT2D eigenvalue weighted by molar-refractivity contribution is 0.0786. The first kappa shape index (κ1) is 14.0. The second-order valence-corrected chi connectivity index (χ2v) is 6.05. The maximum Gasteiger partial charge on any atom is 0.253 e. The van der Waals surface area contributed by atoms with E-state index in [1.165, 1.54) is 0 Å². The smallest absolute Gasteiger partial charge is 0.253 e. The lowest BCUT2D eigenvalue weighted by Crippen LogP contribution is -2.26. The van der Waals surface area contributed by atoms with Gasteiger partial charge in [0.25, 0.3) is 5.91 Å². The average Bonchev–Trinajstić information content (AvgIpc) is 2.77. The van der Waals surface area contributed by atoms with Crippen LogP contribution in [-0.2, 0) is 6.54 Å². The molecule has 100 valence electrons. The van der Waals surface area contributed by atoms with Gasteiger partial charge in [0.15, 0.2) is 0 Å². The number of aryl methyl sites for hydroxylation is 1. The lowest BCUT2D eigenvalue weighted by Gasteiger charge is -2.17. The van der Waals surface area contributed by atoms with Gasteiger partial charge in [-0.3, -0.25) is 4.79 Å². The maximum atomic E-state index is 12.3. The summed E-state index contributed by atoms with van der Waals surface area (Å²) in [5.41, 5.74) is 9.72. The van der Waals surface area contributed by atoms with Gasteiger partial charge in [-0.05, 0) is 41.1 Å². The minimum absolute atomic E-state index is 0.0338. The molecule has 1 aromatic carbocycles. The van der Waals surface area contributed by atoms with Gasteiger partial charge in [-0.1, -0.05) is 0 Å². The van der Waals surface area contributed by atoms with Gasteiger partial charge in [0.05, 0.1) is 17.7 Å². The lowest BCUT2D eigenvalue weighted by atomic mass is 10.2. The number of hydrogen-bond acceptors (Lipinski definition) is 4. The van der Waals surface area contributed by atoms with Crippen LogP contribution in [0.25, 0.3) is 0 Å². The van der Waals surface area contributed by atoms with Crippen molar-refractivity contribution in [3.8, 4) is 0 Å². The molecule has 0 bridgehead atoms. The molecular weight excluding hydrogens is 326 g/mol. The van der Waals surface area contributed by atoms with E-state index in [4.69, 9.17) is 5.73 Å². The summed E-state index contributed by atoms with van der Waals surface area (Å²) in [6, 6.07) is 5.20. The van der Waals surface area contributed by atoms with E-state index in [0.29, 0.717) is 17.8 Å². The second-order valence-electron chi connectivity index (χ2n) is 4.26. The van der Waals surface area contributed by atoms with Crippen LogP contribution >= 0.6 is 27.3 Å². The summed E-state index contributed by atoms with van der Waals surface area (Å²) in [5.74, 6) is -0.0338. The summed E-state index contributed by atoms with van der Waals surface area (Å²) >= 11 is 4.89. The Hall–Kier alpha value is -1.40. The number of nitrogens with two attached hydrogens (primary N) is 1. The number of aromatic nitrogens is 1. The van der Waals surface area contributed by atoms with Crippen molar-refractivity contribution < 1.29 is 4.79 Å². The molecule has 0 saturated carbocycles. The van der Waals surface area contributed by atoms with Gasteiger partial charge < -0.3 is 10.6 Å². The van der Waals surface area contributed by atoms with Crippen molar-refractivity contribution >= 4 is 38.9 Å². The Labute approximate surface area is 124 Å². The van der Waals surface area contributed by atoms with E-state index in [9.17, 15) is 4.79 Å². The highest BCUT2D eigenvalue weighted by Crippen LogP contribution is 2.22. The highest BCUT2D eigenvalue weighted by atomic mass is 79.9. The maximum absolute atomic E-state index is 12.3. The quantitative estimate of drug-likeness (QED) is 0.874. The Bertz CT molecular complexity index is 612. The van der Waals surface area contributed by atoms with Crippen molar-refractivity contribution in [2.75, 3.05) is 12.8 Å². The van der Waals surface area contributed by atoms with Crippen LogP contribution in [0.1, 0.15) is 20.9 Å². The summed E-state index contributed by atoms with van der Waals surface area (Å²) in [6.07, 6.45) is 0. The fraction of sp³-hybridized carbons (Fsp3) is 0.231. The highest BCUT2D eigenvalue weighted by Gasteiger charge is 2.14. The second kappa shape index (κ2) is 5.71. The number of amides is 1. The van der Waals surface area contributed by atoms with Crippen LogP contribution in [0, 0.1) is 6.92 Å². The van der Waals surface area contributed by atoms with Crippen LogP contribution in [0.4, 0.5) is 5.69 Å². The number of hydrogen-bond donors (Lipinski definition) is 1. The number of nitrogens with zero attached hydrogens (tertiary/aromatic N) is 2. The normalized spacial score (nSPS) is 10.5. The molecular formula is C13H14BrN3OS. The summed E-state index contributed by atoms with van der Waals surface area (Å²) in [5, 5.41) is 0. The van der Waals surface area contributed by atoms with Crippen molar-refractivity contribution in [3.05, 3.63) is 44.3 Å². The third-order valence-electron chi connectivity index (χ3n) is 2.82. The topological polar surface area (TPSA) is 59.2 Å². The zero-order valence-electron chi connectivity index (χ0n) is 10.7. The van der Waals surface area contributed by atoms with Crippen molar-refractivity contribution in [2.45, 2.75) is 13.5 Å². The number of rotatable bonds is 3. The van der Waals surface area contributed by atoms with E-state index < -0.39 is 0 Å². The highest BCUT2D eigenvalue weighted by molar-refractivity contribution is 9.10. The van der Waals surface area contributed by atoms with Crippen molar-refractivity contribution in [2.24, 2.45) is 0 Å². The predicted molar refractivity (Wildman–Crippen MR) is 81.2 cm³/mol. The van der Waals surface area contributed by atoms with Gasteiger partial charge in [0.1, 0.15) is 0 Å². The molecule has 6 heteroatoms. The zero-order chi connectivity index (χ0) is 14.0. The summed E-state index contributed by atoms with van der Waals surface area (Å²) in [4.78, 5) is 19.3. The van der Waals surface area contributed by atoms with Gasteiger partial charge in [0.2, 0.25) is 0 Å². The number of nitrogen functional groups attached to an aromatic ring is 1. The SMILES string of the molecule is Cc1ncsc1CN(C)C(=O)c1ccc(N)c(Br)c1. The van der Waals surface area contributed by atoms with Crippen LogP contribution in [0.2, 0.25) is 0 Å². The minimum Gasteiger partial charge on any atom is -0.398 e. The van der Waals surface area contributed by atoms with E-state index in [1.54, 1.807) is 47.0 Å². The summed E-state index contributed by atoms with van der Waals surface area (Å²) in [6.45, 7) is 2.52. The van der Waals surface area contributed by atoms with E-state index >= 15 is 0 Å². The van der Waals surface area contributed by atoms with Gasteiger partial charge in [-0.15, -0.1) is 11.3 Å². The van der Waals surface area contributed by atoms with E-state index in [-0.39, 0.29) is 5.91 Å². The molecule has 0 aliphatic heterocycles. The standard InChI is InChI=1S/C13H14BrN3OS/c1-8-12(19-7-16-8)6-17(2)13(18)9-3-4-11(15)10(14)5-9/h3-5,7H,6,15H2,1-2H3. The Morgan fingerprint density at radius 1 is 1.53 bits per heavy atom. The van der Waals surface area contributed by atoms with E-state index in [1.807, 2.05) is 6.92 Å². The van der Waals surface area contributed by atoms with Crippen LogP contribution < -0.4 is 5.73 Å². The van der Waals surface area contributed by atoms with Gasteiger partial charge in [0, 0.05) is 27.6 Å². The monoisotopic (exact) mass is 339 g/mol. The van der Waals surface area contributed by atoms with Crippen LogP contribution in [0.3, 0.4) is 0 Å². The molecule has 4 nitrogen and oxygen atoms in total. The van der Waals surface area contributed by atoms with Gasteiger partial charge >= 0.3 is 0 Å². The van der Waals surface area contributed by atoms with Crippen molar-refractivity contribution in [3.63, 3.8) is 0 Å². The van der Waals surface area contributed by atoms with Crippen molar-refractivity contribution in [1.82, 2.24) is 9.88 Å². The molecule has 0 radical (unpaired) electrons. The first-order chi connectivity index (χ1) is 8.99. The number of anilines is 1. The number of carbonyl (C=O) groups excluding carboxylic acids is 1. The molecule has 2 N–H and O–H groups in total. The molecule has 19 heavy (non-hydrogen) atoms. The third kappa shape index (κ3) is 3.13. The molecule has 0 aliphatic carbocycles. The van der Waals surface area contributed by atoms with Crippen LogP contribution in [0.5, 0.6) is 0 Å². The number of halogens is 1. The first-order valence-electron chi connectivity index (χ1n) is 5.68. The Balaban J connectivity index is 2.15. The number of benzene rings is 1. The largest absolute Gasteiger partial charge is 0.398 e. The Morgan fingerprint density at radius 2 is 2.26 bits per heavy atom. The Kier molecular flexibility index (Phi) is 4.21. The van der Waals surface area contributed by atoms with Crippen LogP contribution in [0.15, 0.2) is 28.2 Å². The van der Waals surface area contributed by atoms with E-state index in [2.05, 4.69) is 20.9 Å². The first-order valence-corrected chi connectivity index (χ1v) is 7.35. The molecule has 2 aromatic rings. The molecule has 0 unspecified atom stereocenters. The molecule has 0 saturated heterocycles. The van der Waals surface area contributed by atoms with Gasteiger partial charge in [-0.25, -0.2) is 4.98 Å². The number of carbonyl (C=O) groups is 1. The van der Waals surface area contributed by atoms with Crippen molar-refractivity contribution in [1.29, 1.82) is 0 Å². The summed E-state index contributed by atoms with van der Waals surface area (Å²) in [7, 11) is 1.78. The molecule has 2 rings (SSSR count). The molecule has 0 aliphatic rings. The fourth-order valence-electron chi connectivity index (χ4n) is 1.65. The van der Waals surface area contributed by atoms with E-state index in [0.717, 1.165) is 15.0 Å². The molecule has 0 fully saturated rings.